The van der Waals surface area contributed by atoms with Gasteiger partial charge in [-0.15, -0.1) is 0 Å². The molecule has 0 N–H and O–H groups in total. The van der Waals surface area contributed by atoms with Crippen LogP contribution in [0.4, 0.5) is 0 Å². The summed E-state index contributed by atoms with van der Waals surface area (Å²) in [5.74, 6) is 1.22. The Kier molecular flexibility index (Phi) is 3.53. The van der Waals surface area contributed by atoms with Gasteiger partial charge >= 0.3 is 0 Å². The molecule has 0 fully saturated rings. The topological polar surface area (TPSA) is 67.4 Å². The van der Waals surface area contributed by atoms with E-state index in [0.29, 0.717) is 22.9 Å². The van der Waals surface area contributed by atoms with Crippen molar-refractivity contribution >= 4 is 11.6 Å². The molecule has 2 aromatic rings. The van der Waals surface area contributed by atoms with E-state index in [2.05, 4.69) is 21.1 Å². The molecule has 0 aromatic carbocycles. The molecule has 20 heavy (non-hydrogen) atoms. The van der Waals surface area contributed by atoms with Gasteiger partial charge < -0.3 is 0 Å². The molecular formula is C14H16ClN5. The first-order valence-electron chi connectivity index (χ1n) is 6.26. The number of rotatable bonds is 1. The van der Waals surface area contributed by atoms with Crippen LogP contribution in [0.5, 0.6) is 0 Å². The highest BCUT2D eigenvalue weighted by Crippen LogP contribution is 2.30. The monoisotopic (exact) mass is 289 g/mol. The summed E-state index contributed by atoms with van der Waals surface area (Å²) in [5, 5.41) is 14.1. The van der Waals surface area contributed by atoms with Gasteiger partial charge in [-0.3, -0.25) is 0 Å². The van der Waals surface area contributed by atoms with Crippen molar-refractivity contribution in [1.29, 1.82) is 5.26 Å². The largest absolute Gasteiger partial charge is 0.238 e. The fraction of sp³-hybridized carbons (Fsp3) is 0.429. The van der Waals surface area contributed by atoms with Crippen molar-refractivity contribution in [2.45, 2.75) is 40.0 Å². The normalized spacial score (nSPS) is 11.4. The van der Waals surface area contributed by atoms with Gasteiger partial charge in [0.15, 0.2) is 11.0 Å². The first-order valence-corrected chi connectivity index (χ1v) is 6.63. The quantitative estimate of drug-likeness (QED) is 0.809. The third-order valence-corrected chi connectivity index (χ3v) is 3.17. The van der Waals surface area contributed by atoms with Crippen LogP contribution in [0.1, 0.15) is 43.5 Å². The number of halogens is 1. The molecule has 2 rings (SSSR count). The van der Waals surface area contributed by atoms with E-state index in [4.69, 9.17) is 11.6 Å². The molecule has 0 aliphatic carbocycles. The van der Waals surface area contributed by atoms with Crippen LogP contribution in [-0.2, 0) is 5.41 Å². The van der Waals surface area contributed by atoms with E-state index in [0.717, 1.165) is 5.69 Å². The van der Waals surface area contributed by atoms with Crippen molar-refractivity contribution in [2.24, 2.45) is 0 Å². The van der Waals surface area contributed by atoms with Crippen molar-refractivity contribution in [3.05, 3.63) is 34.0 Å². The van der Waals surface area contributed by atoms with Crippen LogP contribution in [-0.4, -0.2) is 19.7 Å². The zero-order valence-electron chi connectivity index (χ0n) is 12.2. The zero-order valence-corrected chi connectivity index (χ0v) is 12.9. The molecule has 104 valence electrons. The lowest BCUT2D eigenvalue weighted by atomic mass is 9.90. The van der Waals surface area contributed by atoms with Crippen LogP contribution in [0, 0.1) is 25.2 Å². The van der Waals surface area contributed by atoms with E-state index in [-0.39, 0.29) is 10.6 Å². The highest BCUT2D eigenvalue weighted by Gasteiger charge is 2.27. The van der Waals surface area contributed by atoms with Gasteiger partial charge in [0, 0.05) is 17.2 Å². The van der Waals surface area contributed by atoms with Gasteiger partial charge in [0.1, 0.15) is 17.5 Å². The van der Waals surface area contributed by atoms with E-state index in [1.165, 1.54) is 4.68 Å². The summed E-state index contributed by atoms with van der Waals surface area (Å²) >= 11 is 6.29. The van der Waals surface area contributed by atoms with Crippen molar-refractivity contribution in [3.63, 3.8) is 0 Å². The maximum atomic E-state index is 9.31. The minimum atomic E-state index is -0.267. The second-order valence-corrected chi connectivity index (χ2v) is 6.06. The van der Waals surface area contributed by atoms with E-state index < -0.39 is 0 Å². The van der Waals surface area contributed by atoms with E-state index in [1.54, 1.807) is 6.07 Å². The molecule has 0 aliphatic heterocycles. The van der Waals surface area contributed by atoms with Crippen LogP contribution < -0.4 is 0 Å². The number of hydrogen-bond acceptors (Lipinski definition) is 4. The number of hydrogen-bond donors (Lipinski definition) is 0. The van der Waals surface area contributed by atoms with Gasteiger partial charge in [0.05, 0.1) is 5.69 Å². The van der Waals surface area contributed by atoms with Gasteiger partial charge in [0.25, 0.3) is 0 Å². The Bertz CT molecular complexity index is 683. The Morgan fingerprint density at radius 2 is 1.90 bits per heavy atom. The minimum absolute atomic E-state index is 0.267. The zero-order chi connectivity index (χ0) is 15.1. The first-order chi connectivity index (χ1) is 9.24. The predicted molar refractivity (Wildman–Crippen MR) is 77.1 cm³/mol. The lowest BCUT2D eigenvalue weighted by Gasteiger charge is -2.15. The van der Waals surface area contributed by atoms with Crippen molar-refractivity contribution < 1.29 is 0 Å². The second-order valence-electron chi connectivity index (χ2n) is 5.70. The van der Waals surface area contributed by atoms with E-state index in [9.17, 15) is 5.26 Å². The number of aryl methyl sites for hydroxylation is 2. The number of aromatic nitrogens is 4. The summed E-state index contributed by atoms with van der Waals surface area (Å²) in [6.07, 6.45) is 0. The highest BCUT2D eigenvalue weighted by molar-refractivity contribution is 6.31. The van der Waals surface area contributed by atoms with Gasteiger partial charge in [-0.2, -0.15) is 10.4 Å². The summed E-state index contributed by atoms with van der Waals surface area (Å²) in [7, 11) is 0. The summed E-state index contributed by atoms with van der Waals surface area (Å²) < 4.78 is 1.50. The lowest BCUT2D eigenvalue weighted by molar-refractivity contribution is 0.558. The standard InChI is InChI=1S/C14H16ClN5/c1-8-6-11(18-9(2)17-8)20-13(15)10(7-16)12(19-20)14(3,4)5/h6H,1-5H3. The van der Waals surface area contributed by atoms with Gasteiger partial charge in [-0.1, -0.05) is 32.4 Å². The number of nitrogens with zero attached hydrogens (tertiary/aromatic N) is 5. The first kappa shape index (κ1) is 14.5. The smallest absolute Gasteiger partial charge is 0.159 e. The Morgan fingerprint density at radius 1 is 1.25 bits per heavy atom. The SMILES string of the molecule is Cc1cc(-n2nc(C(C)(C)C)c(C#N)c2Cl)nc(C)n1. The molecule has 0 atom stereocenters. The van der Waals surface area contributed by atoms with Crippen LogP contribution in [0.2, 0.25) is 5.15 Å². The van der Waals surface area contributed by atoms with Crippen LogP contribution in [0.15, 0.2) is 6.07 Å². The van der Waals surface area contributed by atoms with Gasteiger partial charge in [-0.05, 0) is 13.8 Å². The molecule has 0 bridgehead atoms. The molecule has 0 saturated heterocycles. The van der Waals surface area contributed by atoms with Crippen LogP contribution in [0.3, 0.4) is 0 Å². The minimum Gasteiger partial charge on any atom is -0.238 e. The Balaban J connectivity index is 2.71. The van der Waals surface area contributed by atoms with Crippen molar-refractivity contribution in [3.8, 4) is 11.9 Å². The molecule has 0 unspecified atom stereocenters. The Labute approximate surface area is 123 Å². The van der Waals surface area contributed by atoms with Crippen LogP contribution >= 0.6 is 11.6 Å². The van der Waals surface area contributed by atoms with E-state index >= 15 is 0 Å². The number of nitriles is 1. The average molecular weight is 290 g/mol. The summed E-state index contributed by atoms with van der Waals surface area (Å²) in [5.41, 5.74) is 1.62. The van der Waals surface area contributed by atoms with Crippen LogP contribution in [0.25, 0.3) is 5.82 Å². The maximum Gasteiger partial charge on any atom is 0.159 e. The molecule has 0 spiro atoms. The van der Waals surface area contributed by atoms with Gasteiger partial charge in [0.2, 0.25) is 0 Å². The predicted octanol–water partition coefficient (Wildman–Crippen LogP) is 3.10. The van der Waals surface area contributed by atoms with E-state index in [1.807, 2.05) is 34.6 Å². The highest BCUT2D eigenvalue weighted by atomic mass is 35.5. The summed E-state index contributed by atoms with van der Waals surface area (Å²) in [6.45, 7) is 9.67. The fourth-order valence-electron chi connectivity index (χ4n) is 1.98. The summed E-state index contributed by atoms with van der Waals surface area (Å²) in [4.78, 5) is 8.56. The maximum absolute atomic E-state index is 9.31. The Morgan fingerprint density at radius 3 is 2.35 bits per heavy atom. The lowest BCUT2D eigenvalue weighted by Crippen LogP contribution is -2.14. The summed E-state index contributed by atoms with van der Waals surface area (Å²) in [6, 6.07) is 3.92. The molecule has 0 saturated carbocycles. The van der Waals surface area contributed by atoms with Gasteiger partial charge in [-0.25, -0.2) is 14.6 Å². The van der Waals surface area contributed by atoms with Crippen molar-refractivity contribution in [2.75, 3.05) is 0 Å². The molecule has 2 heterocycles. The molecule has 6 heteroatoms. The van der Waals surface area contributed by atoms with Crippen molar-refractivity contribution in [1.82, 2.24) is 19.7 Å². The molecular weight excluding hydrogens is 274 g/mol. The molecule has 0 aliphatic rings. The Hall–Kier alpha value is -1.93. The molecule has 5 nitrogen and oxygen atoms in total. The molecule has 0 radical (unpaired) electrons. The second kappa shape index (κ2) is 4.88. The molecule has 2 aromatic heterocycles. The molecule has 0 amide bonds. The fourth-order valence-corrected chi connectivity index (χ4v) is 2.24. The average Bonchev–Trinajstić information content (AvgIpc) is 2.64. The third-order valence-electron chi connectivity index (χ3n) is 2.82. The third kappa shape index (κ3) is 2.52.